The van der Waals surface area contributed by atoms with Gasteiger partial charge in [-0.3, -0.25) is 0 Å². The van der Waals surface area contributed by atoms with Gasteiger partial charge in [-0.25, -0.2) is 4.68 Å². The fourth-order valence-electron chi connectivity index (χ4n) is 2.82. The average Bonchev–Trinajstić information content (AvgIpc) is 3.06. The minimum Gasteiger partial charge on any atom is -0.454 e. The summed E-state index contributed by atoms with van der Waals surface area (Å²) in [6.45, 7) is 1.98. The summed E-state index contributed by atoms with van der Waals surface area (Å²) in [7, 11) is 0. The van der Waals surface area contributed by atoms with E-state index in [1.807, 2.05) is 61.5 Å². The molecule has 0 aliphatic carbocycles. The van der Waals surface area contributed by atoms with E-state index < -0.39 is 0 Å². The molecule has 0 saturated carbocycles. The molecule has 0 unspecified atom stereocenters. The molecule has 0 fully saturated rings. The SMILES string of the molecule is Cc1c(-c2ccccc2)nnn1-c1ccccc1Oc1ccc(Cl)cc1Cl. The number of halogens is 2. The molecule has 3 aromatic carbocycles. The third kappa shape index (κ3) is 3.54. The average molecular weight is 396 g/mol. The van der Waals surface area contributed by atoms with Crippen LogP contribution in [-0.4, -0.2) is 15.0 Å². The molecular weight excluding hydrogens is 381 g/mol. The Morgan fingerprint density at radius 1 is 0.852 bits per heavy atom. The Labute approximate surface area is 166 Å². The third-order valence-corrected chi connectivity index (χ3v) is 4.68. The van der Waals surface area contributed by atoms with Crippen LogP contribution < -0.4 is 4.74 Å². The van der Waals surface area contributed by atoms with Crippen LogP contribution >= 0.6 is 23.2 Å². The highest BCUT2D eigenvalue weighted by Crippen LogP contribution is 2.35. The number of para-hydroxylation sites is 2. The lowest BCUT2D eigenvalue weighted by atomic mass is 10.1. The molecule has 4 aromatic rings. The first-order valence-electron chi connectivity index (χ1n) is 8.33. The van der Waals surface area contributed by atoms with Crippen molar-refractivity contribution in [1.29, 1.82) is 0 Å². The maximum Gasteiger partial charge on any atom is 0.153 e. The molecule has 0 atom stereocenters. The van der Waals surface area contributed by atoms with Crippen LogP contribution in [0.25, 0.3) is 16.9 Å². The molecule has 0 N–H and O–H groups in total. The van der Waals surface area contributed by atoms with E-state index in [1.54, 1.807) is 22.9 Å². The molecule has 1 heterocycles. The summed E-state index contributed by atoms with van der Waals surface area (Å²) in [5.74, 6) is 1.14. The second kappa shape index (κ2) is 7.43. The van der Waals surface area contributed by atoms with E-state index in [0.29, 0.717) is 21.5 Å². The van der Waals surface area contributed by atoms with Crippen LogP contribution in [0.2, 0.25) is 10.0 Å². The number of rotatable bonds is 4. The van der Waals surface area contributed by atoms with Crippen LogP contribution in [0, 0.1) is 6.92 Å². The van der Waals surface area contributed by atoms with Gasteiger partial charge in [-0.1, -0.05) is 70.9 Å². The Kier molecular flexibility index (Phi) is 4.84. The van der Waals surface area contributed by atoms with Crippen molar-refractivity contribution in [3.8, 4) is 28.4 Å². The molecule has 4 nitrogen and oxygen atoms in total. The van der Waals surface area contributed by atoms with Gasteiger partial charge in [0, 0.05) is 10.6 Å². The zero-order valence-corrected chi connectivity index (χ0v) is 15.9. The van der Waals surface area contributed by atoms with Gasteiger partial charge in [0.1, 0.15) is 17.1 Å². The summed E-state index contributed by atoms with van der Waals surface area (Å²) in [4.78, 5) is 0. The van der Waals surface area contributed by atoms with Crippen molar-refractivity contribution < 1.29 is 4.74 Å². The molecule has 4 rings (SSSR count). The lowest BCUT2D eigenvalue weighted by Crippen LogP contribution is -2.02. The number of ether oxygens (including phenoxy) is 1. The molecule has 27 heavy (non-hydrogen) atoms. The van der Waals surface area contributed by atoms with Crippen molar-refractivity contribution in [2.24, 2.45) is 0 Å². The Bertz CT molecular complexity index is 1090. The van der Waals surface area contributed by atoms with Crippen molar-refractivity contribution in [3.63, 3.8) is 0 Å². The van der Waals surface area contributed by atoms with Crippen molar-refractivity contribution in [1.82, 2.24) is 15.0 Å². The van der Waals surface area contributed by atoms with Gasteiger partial charge in [-0.2, -0.15) is 0 Å². The Balaban J connectivity index is 1.75. The van der Waals surface area contributed by atoms with Gasteiger partial charge in [0.15, 0.2) is 5.75 Å². The number of aromatic nitrogens is 3. The first-order chi connectivity index (χ1) is 13.1. The highest BCUT2D eigenvalue weighted by molar-refractivity contribution is 6.35. The number of hydrogen-bond acceptors (Lipinski definition) is 3. The standard InChI is InChI=1S/C21H15Cl2N3O/c1-14-21(15-7-3-2-4-8-15)24-25-26(14)18-9-5-6-10-20(18)27-19-12-11-16(22)13-17(19)23/h2-13H,1H3. The topological polar surface area (TPSA) is 39.9 Å². The number of hydrogen-bond donors (Lipinski definition) is 0. The fourth-order valence-corrected chi connectivity index (χ4v) is 3.26. The van der Waals surface area contributed by atoms with Gasteiger partial charge < -0.3 is 4.74 Å². The lowest BCUT2D eigenvalue weighted by Gasteiger charge is -2.13. The Morgan fingerprint density at radius 3 is 2.37 bits per heavy atom. The van der Waals surface area contributed by atoms with E-state index in [1.165, 1.54) is 0 Å². The van der Waals surface area contributed by atoms with Crippen molar-refractivity contribution in [3.05, 3.63) is 88.5 Å². The summed E-state index contributed by atoms with van der Waals surface area (Å²) in [6.07, 6.45) is 0. The summed E-state index contributed by atoms with van der Waals surface area (Å²) in [5.41, 5.74) is 3.53. The molecule has 0 aliphatic heterocycles. The quantitative estimate of drug-likeness (QED) is 0.404. The van der Waals surface area contributed by atoms with Crippen molar-refractivity contribution >= 4 is 23.2 Å². The van der Waals surface area contributed by atoms with E-state index >= 15 is 0 Å². The predicted molar refractivity (Wildman–Crippen MR) is 108 cm³/mol. The highest BCUT2D eigenvalue weighted by Gasteiger charge is 2.16. The van der Waals surface area contributed by atoms with Crippen LogP contribution in [0.5, 0.6) is 11.5 Å². The van der Waals surface area contributed by atoms with Gasteiger partial charge in [0.05, 0.1) is 10.7 Å². The Hall–Kier alpha value is -2.82. The smallest absolute Gasteiger partial charge is 0.153 e. The summed E-state index contributed by atoms with van der Waals surface area (Å²) in [6, 6.07) is 22.7. The first kappa shape index (κ1) is 17.6. The predicted octanol–water partition coefficient (Wildman–Crippen LogP) is 6.34. The molecule has 134 valence electrons. The largest absolute Gasteiger partial charge is 0.454 e. The minimum atomic E-state index is 0.442. The normalized spacial score (nSPS) is 10.8. The van der Waals surface area contributed by atoms with Crippen LogP contribution in [0.4, 0.5) is 0 Å². The molecule has 0 amide bonds. The lowest BCUT2D eigenvalue weighted by molar-refractivity contribution is 0.477. The third-order valence-electron chi connectivity index (χ3n) is 4.15. The second-order valence-electron chi connectivity index (χ2n) is 5.95. The van der Waals surface area contributed by atoms with Gasteiger partial charge in [-0.05, 0) is 37.3 Å². The van der Waals surface area contributed by atoms with E-state index in [-0.39, 0.29) is 0 Å². The molecule has 0 aliphatic rings. The zero-order chi connectivity index (χ0) is 18.8. The van der Waals surface area contributed by atoms with Crippen molar-refractivity contribution in [2.45, 2.75) is 6.92 Å². The van der Waals surface area contributed by atoms with Gasteiger partial charge >= 0.3 is 0 Å². The van der Waals surface area contributed by atoms with Crippen LogP contribution in [0.15, 0.2) is 72.8 Å². The molecule has 0 spiro atoms. The highest BCUT2D eigenvalue weighted by atomic mass is 35.5. The molecule has 0 saturated heterocycles. The fraction of sp³-hybridized carbons (Fsp3) is 0.0476. The molecule has 6 heteroatoms. The number of nitrogens with zero attached hydrogens (tertiary/aromatic N) is 3. The molecule has 0 radical (unpaired) electrons. The van der Waals surface area contributed by atoms with Crippen LogP contribution in [-0.2, 0) is 0 Å². The van der Waals surface area contributed by atoms with Gasteiger partial charge in [0.2, 0.25) is 0 Å². The van der Waals surface area contributed by atoms with Gasteiger partial charge in [-0.15, -0.1) is 5.10 Å². The first-order valence-corrected chi connectivity index (χ1v) is 9.09. The summed E-state index contributed by atoms with van der Waals surface area (Å²) >= 11 is 12.2. The van der Waals surface area contributed by atoms with E-state index in [4.69, 9.17) is 27.9 Å². The second-order valence-corrected chi connectivity index (χ2v) is 6.79. The van der Waals surface area contributed by atoms with Crippen LogP contribution in [0.3, 0.4) is 0 Å². The maximum absolute atomic E-state index is 6.25. The monoisotopic (exact) mass is 395 g/mol. The molecular formula is C21H15Cl2N3O. The van der Waals surface area contributed by atoms with Crippen LogP contribution in [0.1, 0.15) is 5.69 Å². The van der Waals surface area contributed by atoms with Crippen molar-refractivity contribution in [2.75, 3.05) is 0 Å². The summed E-state index contributed by atoms with van der Waals surface area (Å²) in [5, 5.41) is 9.69. The Morgan fingerprint density at radius 2 is 1.59 bits per heavy atom. The minimum absolute atomic E-state index is 0.442. The molecule has 1 aromatic heterocycles. The van der Waals surface area contributed by atoms with Gasteiger partial charge in [0.25, 0.3) is 0 Å². The van der Waals surface area contributed by atoms with E-state index in [2.05, 4.69) is 10.3 Å². The maximum atomic E-state index is 6.25. The van der Waals surface area contributed by atoms with E-state index in [0.717, 1.165) is 22.6 Å². The van der Waals surface area contributed by atoms with E-state index in [9.17, 15) is 0 Å². The summed E-state index contributed by atoms with van der Waals surface area (Å²) < 4.78 is 7.81. The number of benzene rings is 3. The molecule has 0 bridgehead atoms. The zero-order valence-electron chi connectivity index (χ0n) is 14.4.